The Labute approximate surface area is 134 Å². The predicted molar refractivity (Wildman–Crippen MR) is 81.7 cm³/mol. The fourth-order valence-electron chi connectivity index (χ4n) is 2.49. The molecule has 2 aromatic heterocycles. The van der Waals surface area contributed by atoms with E-state index in [1.165, 1.54) is 0 Å². The fraction of sp³-hybridized carbons (Fsp3) is 0.438. The van der Waals surface area contributed by atoms with Crippen LogP contribution in [0.5, 0.6) is 0 Å². The summed E-state index contributed by atoms with van der Waals surface area (Å²) >= 11 is 0. The number of hydrogen-bond acceptors (Lipinski definition) is 6. The average molecular weight is 317 g/mol. The molecule has 1 saturated heterocycles. The summed E-state index contributed by atoms with van der Waals surface area (Å²) in [5.74, 6) is -0.448. The number of nitrogens with zero attached hydrogens (tertiary/aromatic N) is 2. The van der Waals surface area contributed by atoms with E-state index in [-0.39, 0.29) is 12.0 Å². The van der Waals surface area contributed by atoms with Crippen molar-refractivity contribution in [2.75, 3.05) is 13.2 Å². The Bertz CT molecular complexity index is 697. The molecule has 23 heavy (non-hydrogen) atoms. The lowest BCUT2D eigenvalue weighted by Gasteiger charge is -2.17. The van der Waals surface area contributed by atoms with Gasteiger partial charge in [-0.2, -0.15) is 0 Å². The summed E-state index contributed by atoms with van der Waals surface area (Å²) in [5, 5.41) is 6.75. The largest absolute Gasteiger partial charge is 0.355 e. The molecule has 0 radical (unpaired) electrons. The van der Waals surface area contributed by atoms with Gasteiger partial charge >= 0.3 is 0 Å². The molecule has 7 nitrogen and oxygen atoms in total. The van der Waals surface area contributed by atoms with E-state index >= 15 is 0 Å². The van der Waals surface area contributed by atoms with Crippen LogP contribution in [0.2, 0.25) is 0 Å². The number of aryl methyl sites for hydroxylation is 1. The van der Waals surface area contributed by atoms with Crippen molar-refractivity contribution in [2.45, 2.75) is 32.7 Å². The molecule has 0 saturated carbocycles. The van der Waals surface area contributed by atoms with Crippen molar-refractivity contribution in [3.05, 3.63) is 35.8 Å². The Morgan fingerprint density at radius 3 is 2.96 bits per heavy atom. The smallest absolute Gasteiger partial charge is 0.257 e. The molecule has 1 N–H and O–H groups in total. The molecule has 3 heterocycles. The van der Waals surface area contributed by atoms with E-state index in [1.807, 2.05) is 19.9 Å². The van der Waals surface area contributed by atoms with Crippen molar-refractivity contribution in [2.24, 2.45) is 0 Å². The molecule has 1 fully saturated rings. The minimum absolute atomic E-state index is 0.170. The second-order valence-electron chi connectivity index (χ2n) is 5.87. The zero-order valence-electron chi connectivity index (χ0n) is 13.3. The molecule has 0 bridgehead atoms. The van der Waals surface area contributed by atoms with Crippen LogP contribution >= 0.6 is 0 Å². The first-order chi connectivity index (χ1) is 11.0. The maximum Gasteiger partial charge on any atom is 0.257 e. The van der Waals surface area contributed by atoms with Crippen molar-refractivity contribution in [1.82, 2.24) is 15.5 Å². The third-order valence-electron chi connectivity index (χ3n) is 3.57. The number of amides is 1. The third kappa shape index (κ3) is 3.40. The van der Waals surface area contributed by atoms with Gasteiger partial charge in [0.05, 0.1) is 12.3 Å². The van der Waals surface area contributed by atoms with Gasteiger partial charge in [-0.25, -0.2) is 0 Å². The first kappa shape index (κ1) is 15.6. The molecular formula is C16H19N3O4. The van der Waals surface area contributed by atoms with Crippen molar-refractivity contribution in [1.29, 1.82) is 0 Å². The maximum absolute atomic E-state index is 12.5. The molecule has 2 aromatic rings. The Morgan fingerprint density at radius 1 is 1.48 bits per heavy atom. The highest BCUT2D eigenvalue weighted by atomic mass is 16.7. The highest BCUT2D eigenvalue weighted by Gasteiger charge is 2.33. The number of carbonyl (C=O) groups excluding carboxylic acids is 1. The maximum atomic E-state index is 12.5. The van der Waals surface area contributed by atoms with Gasteiger partial charge in [-0.05, 0) is 32.9 Å². The second kappa shape index (κ2) is 6.10. The Morgan fingerprint density at radius 2 is 2.30 bits per heavy atom. The van der Waals surface area contributed by atoms with Crippen LogP contribution in [-0.2, 0) is 9.47 Å². The summed E-state index contributed by atoms with van der Waals surface area (Å²) in [6.45, 7) is 6.24. The summed E-state index contributed by atoms with van der Waals surface area (Å²) in [6, 6.07) is 3.60. The Kier molecular flexibility index (Phi) is 4.14. The van der Waals surface area contributed by atoms with Gasteiger partial charge in [-0.15, -0.1) is 0 Å². The van der Waals surface area contributed by atoms with Gasteiger partial charge in [0.1, 0.15) is 11.7 Å². The summed E-state index contributed by atoms with van der Waals surface area (Å²) in [6.07, 6.45) is 3.12. The summed E-state index contributed by atoms with van der Waals surface area (Å²) < 4.78 is 16.5. The molecule has 1 aliphatic heterocycles. The average Bonchev–Trinajstić information content (AvgIpc) is 3.08. The quantitative estimate of drug-likeness (QED) is 0.927. The molecule has 1 aliphatic rings. The first-order valence-corrected chi connectivity index (χ1v) is 7.43. The lowest BCUT2D eigenvalue weighted by Crippen LogP contribution is -2.34. The summed E-state index contributed by atoms with van der Waals surface area (Å²) in [5.41, 5.74) is 1.65. The van der Waals surface area contributed by atoms with Gasteiger partial charge in [-0.3, -0.25) is 9.78 Å². The Hall–Kier alpha value is -2.25. The predicted octanol–water partition coefficient (Wildman–Crippen LogP) is 1.93. The molecule has 122 valence electrons. The molecule has 1 unspecified atom stereocenters. The van der Waals surface area contributed by atoms with Crippen molar-refractivity contribution in [3.8, 4) is 11.3 Å². The van der Waals surface area contributed by atoms with Gasteiger partial charge in [0.25, 0.3) is 5.91 Å². The van der Waals surface area contributed by atoms with E-state index in [9.17, 15) is 4.79 Å². The van der Waals surface area contributed by atoms with Crippen LogP contribution in [0.1, 0.15) is 29.9 Å². The van der Waals surface area contributed by atoms with Crippen LogP contribution in [0, 0.1) is 6.92 Å². The number of hydrogen-bond donors (Lipinski definition) is 1. The molecule has 1 atom stereocenters. The summed E-state index contributed by atoms with van der Waals surface area (Å²) in [7, 11) is 0. The van der Waals surface area contributed by atoms with Crippen LogP contribution in [0.15, 0.2) is 29.0 Å². The van der Waals surface area contributed by atoms with Gasteiger partial charge in [-0.1, -0.05) is 5.16 Å². The second-order valence-corrected chi connectivity index (χ2v) is 5.87. The van der Waals surface area contributed by atoms with Crippen molar-refractivity contribution < 1.29 is 18.8 Å². The van der Waals surface area contributed by atoms with Gasteiger partial charge in [0.15, 0.2) is 11.5 Å². The third-order valence-corrected chi connectivity index (χ3v) is 3.57. The van der Waals surface area contributed by atoms with E-state index < -0.39 is 5.79 Å². The van der Waals surface area contributed by atoms with Crippen LogP contribution in [-0.4, -0.2) is 41.1 Å². The number of ether oxygens (including phenoxy) is 2. The topological polar surface area (TPSA) is 86.5 Å². The number of rotatable bonds is 4. The molecule has 3 rings (SSSR count). The standard InChI is InChI=1S/C16H19N3O4/c1-10-13(14(23-19-10)11-5-4-6-17-7-11)15(20)18-8-12-9-21-16(2,3)22-12/h4-7,12H,8-9H2,1-3H3,(H,18,20). The molecule has 0 aliphatic carbocycles. The fourth-order valence-corrected chi connectivity index (χ4v) is 2.49. The van der Waals surface area contributed by atoms with E-state index in [0.29, 0.717) is 35.7 Å². The molecule has 0 aromatic carbocycles. The number of nitrogens with one attached hydrogen (secondary N) is 1. The highest BCUT2D eigenvalue weighted by molar-refractivity contribution is 6.00. The molecular weight excluding hydrogens is 298 g/mol. The van der Waals surface area contributed by atoms with Crippen molar-refractivity contribution >= 4 is 5.91 Å². The van der Waals surface area contributed by atoms with Gasteiger partial charge < -0.3 is 19.3 Å². The summed E-state index contributed by atoms with van der Waals surface area (Å²) in [4.78, 5) is 16.6. The van der Waals surface area contributed by atoms with Crippen LogP contribution in [0.4, 0.5) is 0 Å². The van der Waals surface area contributed by atoms with E-state index in [2.05, 4.69) is 15.5 Å². The highest BCUT2D eigenvalue weighted by Crippen LogP contribution is 2.26. The number of aromatic nitrogens is 2. The monoisotopic (exact) mass is 317 g/mol. The lowest BCUT2D eigenvalue weighted by molar-refractivity contribution is -0.137. The van der Waals surface area contributed by atoms with Crippen molar-refractivity contribution in [3.63, 3.8) is 0 Å². The van der Waals surface area contributed by atoms with Crippen LogP contribution in [0.25, 0.3) is 11.3 Å². The zero-order valence-corrected chi connectivity index (χ0v) is 13.3. The molecule has 1 amide bonds. The zero-order chi connectivity index (χ0) is 16.4. The van der Waals surface area contributed by atoms with E-state index in [1.54, 1.807) is 25.4 Å². The first-order valence-electron chi connectivity index (χ1n) is 7.43. The lowest BCUT2D eigenvalue weighted by atomic mass is 10.1. The normalized spacial score (nSPS) is 19.7. The Balaban J connectivity index is 1.72. The van der Waals surface area contributed by atoms with Gasteiger partial charge in [0.2, 0.25) is 0 Å². The van der Waals surface area contributed by atoms with Crippen LogP contribution < -0.4 is 5.32 Å². The molecule has 0 spiro atoms. The SMILES string of the molecule is Cc1noc(-c2cccnc2)c1C(=O)NCC1COC(C)(C)O1. The minimum Gasteiger partial charge on any atom is -0.355 e. The number of carbonyl (C=O) groups is 1. The van der Waals surface area contributed by atoms with E-state index in [4.69, 9.17) is 14.0 Å². The van der Waals surface area contributed by atoms with Gasteiger partial charge in [0, 0.05) is 24.5 Å². The number of pyridine rings is 1. The van der Waals surface area contributed by atoms with Crippen LogP contribution in [0.3, 0.4) is 0 Å². The minimum atomic E-state index is -0.608. The molecule has 7 heteroatoms. The van der Waals surface area contributed by atoms with E-state index in [0.717, 1.165) is 0 Å².